The Kier molecular flexibility index (Phi) is 7.69. The maximum Gasteiger partial charge on any atom is 0.404 e. The van der Waals surface area contributed by atoms with Crippen LogP contribution in [0.5, 0.6) is 0 Å². The minimum absolute atomic E-state index is 0.000562. The van der Waals surface area contributed by atoms with Crippen LogP contribution in [0.4, 0.5) is 11.6 Å². The van der Waals surface area contributed by atoms with E-state index in [9.17, 15) is 0 Å². The smallest absolute Gasteiger partial charge is 0.344 e. The van der Waals surface area contributed by atoms with E-state index in [1.54, 1.807) is 0 Å². The zero-order chi connectivity index (χ0) is 56.8. The van der Waals surface area contributed by atoms with E-state index < -0.39 is 29.1 Å². The summed E-state index contributed by atoms with van der Waals surface area (Å²) in [7, 11) is 0. The zero-order valence-corrected chi connectivity index (χ0v) is 48.9. The Labute approximate surface area is 493 Å². The van der Waals surface area contributed by atoms with Crippen LogP contribution >= 0.6 is 0 Å². The van der Waals surface area contributed by atoms with Gasteiger partial charge in [-0.05, 0) is 148 Å². The molecular formula is C70H60N8O8+2. The molecule has 1 spiro atoms. The molecule has 0 N–H and O–H groups in total. The van der Waals surface area contributed by atoms with Crippen molar-refractivity contribution in [3.05, 3.63) is 175 Å². The number of rotatable bonds is 1. The van der Waals surface area contributed by atoms with Crippen LogP contribution in [0.15, 0.2) is 123 Å². The predicted molar refractivity (Wildman–Crippen MR) is 314 cm³/mol. The SMILES string of the molecule is CC1=[N+]2C(c3ccc4c(c3)C3C=CC4C4OC(C)(C)OC34)=Nc3c4cc5c(cc4c4n3[C@@]23n2c(c6cc7c(cc6c2=NC2=[N+]3C(=N4)c3cc4c(cc32)C2C=CC4C3OC(C)(C)OC23)C2C=CC7C3OC(C)(C)OC23)=N1)C1C=CC5C2OC(C)(C)OC12. The van der Waals surface area contributed by atoms with Crippen molar-refractivity contribution in [1.29, 1.82) is 0 Å². The first-order valence-electron chi connectivity index (χ1n) is 31.3. The summed E-state index contributed by atoms with van der Waals surface area (Å²) in [6.07, 6.45) is 18.0. The summed E-state index contributed by atoms with van der Waals surface area (Å²) in [5.41, 5.74) is 14.8. The summed E-state index contributed by atoms with van der Waals surface area (Å²) in [5, 5.41) is 4.15. The molecule has 16 unspecified atom stereocenters. The molecule has 9 aliphatic heterocycles. The molecule has 0 amide bonds. The maximum atomic E-state index is 6.80. The van der Waals surface area contributed by atoms with Gasteiger partial charge in [0.15, 0.2) is 23.1 Å². The topological polar surface area (TPSA) is 139 Å². The molecule has 426 valence electrons. The molecule has 4 aromatic carbocycles. The Morgan fingerprint density at radius 1 is 0.360 bits per heavy atom. The molecule has 11 heterocycles. The van der Waals surface area contributed by atoms with Crippen molar-refractivity contribution in [2.45, 2.75) is 188 Å². The lowest BCUT2D eigenvalue weighted by Gasteiger charge is -2.42. The number of aromatic nitrogens is 2. The van der Waals surface area contributed by atoms with Crippen LogP contribution in [-0.2, 0) is 43.8 Å². The number of ether oxygens (including phenoxy) is 8. The normalized spacial score (nSPS) is 39.3. The molecule has 27 rings (SSSR count). The van der Waals surface area contributed by atoms with Crippen molar-refractivity contribution in [1.82, 2.24) is 9.13 Å². The lowest BCUT2D eigenvalue weighted by atomic mass is 9.67. The van der Waals surface area contributed by atoms with Crippen LogP contribution in [0, 0.1) is 0 Å². The highest BCUT2D eigenvalue weighted by molar-refractivity contribution is 6.18. The van der Waals surface area contributed by atoms with Gasteiger partial charge in [0.2, 0.25) is 28.4 Å². The zero-order valence-electron chi connectivity index (χ0n) is 48.9. The molecule has 8 bridgehead atoms. The van der Waals surface area contributed by atoms with Crippen molar-refractivity contribution in [3.8, 4) is 0 Å². The van der Waals surface area contributed by atoms with Gasteiger partial charge >= 0.3 is 5.91 Å². The van der Waals surface area contributed by atoms with E-state index in [-0.39, 0.29) is 96.2 Å². The van der Waals surface area contributed by atoms with E-state index in [0.29, 0.717) is 0 Å². The molecule has 21 aliphatic rings. The van der Waals surface area contributed by atoms with Gasteiger partial charge in [-0.1, -0.05) is 74.6 Å². The third-order valence-electron chi connectivity index (χ3n) is 22.8. The Bertz CT molecular complexity index is 4910. The quantitative estimate of drug-likeness (QED) is 0.117. The first kappa shape index (κ1) is 47.0. The molecule has 12 aliphatic carbocycles. The predicted octanol–water partition coefficient (Wildman–Crippen LogP) is 9.45. The number of hydrogen-bond donors (Lipinski definition) is 0. The van der Waals surface area contributed by atoms with Crippen LogP contribution in [0.2, 0.25) is 0 Å². The Balaban J connectivity index is 0.839. The summed E-state index contributed by atoms with van der Waals surface area (Å²) in [6.45, 7) is 18.5. The van der Waals surface area contributed by atoms with Gasteiger partial charge in [0.05, 0.1) is 65.5 Å². The summed E-state index contributed by atoms with van der Waals surface area (Å²) >= 11 is 0. The largest absolute Gasteiger partial charge is 0.404 e. The van der Waals surface area contributed by atoms with Gasteiger partial charge in [0.1, 0.15) is 0 Å². The average Bonchev–Trinajstić information content (AvgIpc) is 1.43. The standard InChI is InChI=1S/C70H60N8O8/c1-27-71-60-45-21-39-32-14-15-33(54-53(32)81-67(4,5)82-54)40(39)22-46(45)62-73-64-49-25-43-36-18-19-37(58-57(36)85-69(8,9)86-58)44(43)26-50(49)65-74-63-48-24-42-35-17-16-34(55-56(35)84-68(6,7)83-55)41(42)23-47(48)61-72-59(75(27)70(76(60)62,77(61)63)78(64)65)28-10-11-29-30-12-13-31(38(29)20-28)52-51(30)79-66(2,3)80-52/h10-26,30-37,51-58H,1-9H3/q+2/t30?,31?,32?,33?,34?,35?,36?,37?,51?,52?,53?,54?,55?,56?,57?,58?,70-/m0/s1. The Hall–Kier alpha value is -7.12. The van der Waals surface area contributed by atoms with Crippen molar-refractivity contribution >= 4 is 56.5 Å². The van der Waals surface area contributed by atoms with E-state index in [2.05, 4.69) is 128 Å². The van der Waals surface area contributed by atoms with E-state index in [0.717, 1.165) is 84.2 Å². The molecule has 6 aromatic rings. The second-order valence-electron chi connectivity index (χ2n) is 29.1. The molecule has 17 atom stereocenters. The minimum Gasteiger partial charge on any atom is -0.344 e. The summed E-state index contributed by atoms with van der Waals surface area (Å²) in [4.78, 5) is 24.1. The van der Waals surface area contributed by atoms with Gasteiger partial charge < -0.3 is 37.9 Å². The lowest BCUT2D eigenvalue weighted by Crippen LogP contribution is -2.72. The second kappa shape index (κ2) is 14.1. The van der Waals surface area contributed by atoms with Gasteiger partial charge in [-0.25, -0.2) is 0 Å². The summed E-state index contributed by atoms with van der Waals surface area (Å²) in [5.74, 6) is 0.943. The Morgan fingerprint density at radius 3 is 1.16 bits per heavy atom. The monoisotopic (exact) mass is 1140 g/mol. The molecule has 0 saturated carbocycles. The average molecular weight is 1140 g/mol. The number of benzene rings is 4. The molecule has 86 heavy (non-hydrogen) atoms. The van der Waals surface area contributed by atoms with E-state index in [1.165, 1.54) is 44.5 Å². The molecular weight excluding hydrogens is 1080 g/mol. The van der Waals surface area contributed by atoms with Crippen molar-refractivity contribution in [2.75, 3.05) is 0 Å². The molecule has 16 nitrogen and oxygen atoms in total. The van der Waals surface area contributed by atoms with Gasteiger partial charge in [0, 0.05) is 75.8 Å². The maximum absolute atomic E-state index is 6.80. The van der Waals surface area contributed by atoms with Crippen LogP contribution < -0.4 is 11.0 Å². The van der Waals surface area contributed by atoms with Crippen LogP contribution in [0.1, 0.15) is 171 Å². The molecule has 0 radical (unpaired) electrons. The second-order valence-corrected chi connectivity index (χ2v) is 29.1. The van der Waals surface area contributed by atoms with E-state index >= 15 is 0 Å². The van der Waals surface area contributed by atoms with Gasteiger partial charge in [0.25, 0.3) is 17.5 Å². The Morgan fingerprint density at radius 2 is 0.721 bits per heavy atom. The van der Waals surface area contributed by atoms with Crippen molar-refractivity contribution in [2.24, 2.45) is 20.0 Å². The van der Waals surface area contributed by atoms with E-state index in [4.69, 9.17) is 57.9 Å². The van der Waals surface area contributed by atoms with Gasteiger partial charge in [-0.15, -0.1) is 4.58 Å². The highest BCUT2D eigenvalue weighted by Crippen LogP contribution is 2.61. The summed E-state index contributed by atoms with van der Waals surface area (Å²) < 4.78 is 63.9. The fraction of sp³-hybridized carbons (Fsp3) is 0.429. The number of fused-ring (bicyclic) bond motifs is 9. The van der Waals surface area contributed by atoms with Gasteiger partial charge in [-0.2, -0.15) is 13.7 Å². The first-order chi connectivity index (χ1) is 41.4. The molecule has 2 aromatic heterocycles. The van der Waals surface area contributed by atoms with Crippen LogP contribution in [0.3, 0.4) is 0 Å². The highest BCUT2D eigenvalue weighted by atomic mass is 16.8. The fourth-order valence-corrected chi connectivity index (χ4v) is 20.0. The number of amidine groups is 4. The minimum atomic E-state index is -1.27. The van der Waals surface area contributed by atoms with Crippen molar-refractivity contribution < 1.29 is 47.0 Å². The van der Waals surface area contributed by atoms with Crippen LogP contribution in [-0.4, -0.2) is 114 Å². The van der Waals surface area contributed by atoms with Crippen LogP contribution in [0.25, 0.3) is 21.5 Å². The number of hydrogen-bond acceptors (Lipinski definition) is 12. The fourth-order valence-electron chi connectivity index (χ4n) is 20.0. The number of aliphatic imine (C=N–C) groups is 2. The first-order valence-corrected chi connectivity index (χ1v) is 31.3. The molecule has 4 saturated heterocycles. The third kappa shape index (κ3) is 5.13. The third-order valence-corrected chi connectivity index (χ3v) is 22.8. The van der Waals surface area contributed by atoms with E-state index in [1.807, 2.05) is 55.4 Å². The highest BCUT2D eigenvalue weighted by Gasteiger charge is 2.69. The number of nitrogens with zero attached hydrogens (tertiary/aromatic N) is 8. The lowest BCUT2D eigenvalue weighted by molar-refractivity contribution is -0.791. The van der Waals surface area contributed by atoms with Crippen molar-refractivity contribution in [3.63, 3.8) is 0 Å². The summed E-state index contributed by atoms with van der Waals surface area (Å²) in [6, 6.07) is 21.6. The van der Waals surface area contributed by atoms with Gasteiger partial charge in [-0.3, -0.25) is 0 Å². The molecule has 4 fully saturated rings. The molecule has 16 heteroatoms.